The largest absolute Gasteiger partial charge is 0.489 e. The zero-order valence-corrected chi connectivity index (χ0v) is 18.7. The van der Waals surface area contributed by atoms with Gasteiger partial charge in [0.15, 0.2) is 0 Å². The standard InChI is InChI=1S/C23H35N5O3/c1-16-20(31-17-7-4-3-5-8-17)10-9-18(26-16)21(24)19(27(2)25)13-30-22(29)28-14-23(15-28)11-6-12-23/h9-10,17H,3-8,11-15,24-25H2,1-2H3/b21-19-. The second kappa shape index (κ2) is 8.94. The van der Waals surface area contributed by atoms with Crippen LogP contribution in [0.2, 0.25) is 0 Å². The third kappa shape index (κ3) is 4.74. The smallest absolute Gasteiger partial charge is 0.410 e. The lowest BCUT2D eigenvalue weighted by molar-refractivity contribution is -0.0517. The van der Waals surface area contributed by atoms with Crippen molar-refractivity contribution in [1.29, 1.82) is 0 Å². The lowest BCUT2D eigenvalue weighted by Crippen LogP contribution is -2.61. The maximum Gasteiger partial charge on any atom is 0.410 e. The van der Waals surface area contributed by atoms with Gasteiger partial charge in [-0.3, -0.25) is 0 Å². The summed E-state index contributed by atoms with van der Waals surface area (Å²) in [5, 5.41) is 1.38. The van der Waals surface area contributed by atoms with Crippen LogP contribution in [0, 0.1) is 12.3 Å². The molecule has 0 atom stereocenters. The number of nitrogens with two attached hydrogens (primary N) is 2. The number of pyridine rings is 1. The highest BCUT2D eigenvalue weighted by Crippen LogP contribution is 2.48. The predicted octanol–water partition coefficient (Wildman–Crippen LogP) is 3.16. The number of hydrogen-bond acceptors (Lipinski definition) is 7. The van der Waals surface area contributed by atoms with Crippen LogP contribution in [0.5, 0.6) is 5.75 Å². The van der Waals surface area contributed by atoms with Crippen molar-refractivity contribution < 1.29 is 14.3 Å². The fraction of sp³-hybridized carbons (Fsp3) is 0.652. The molecule has 8 nitrogen and oxygen atoms in total. The molecular weight excluding hydrogens is 394 g/mol. The van der Waals surface area contributed by atoms with Gasteiger partial charge in [-0.05, 0) is 57.6 Å². The fourth-order valence-corrected chi connectivity index (χ4v) is 4.81. The van der Waals surface area contributed by atoms with E-state index in [0.29, 0.717) is 22.5 Å². The van der Waals surface area contributed by atoms with Crippen LogP contribution < -0.4 is 16.3 Å². The Labute approximate surface area is 184 Å². The number of hydrazine groups is 1. The van der Waals surface area contributed by atoms with Crippen molar-refractivity contribution in [3.63, 3.8) is 0 Å². The number of amides is 1. The lowest BCUT2D eigenvalue weighted by atomic mass is 9.64. The molecule has 1 aliphatic heterocycles. The van der Waals surface area contributed by atoms with E-state index in [1.807, 2.05) is 19.1 Å². The van der Waals surface area contributed by atoms with Gasteiger partial charge in [-0.1, -0.05) is 12.8 Å². The maximum atomic E-state index is 12.4. The van der Waals surface area contributed by atoms with Gasteiger partial charge in [0.05, 0.1) is 28.9 Å². The molecule has 31 heavy (non-hydrogen) atoms. The molecule has 1 spiro atoms. The first-order valence-electron chi connectivity index (χ1n) is 11.4. The third-order valence-electron chi connectivity index (χ3n) is 6.95. The highest BCUT2D eigenvalue weighted by molar-refractivity contribution is 5.70. The van der Waals surface area contributed by atoms with E-state index >= 15 is 0 Å². The van der Waals surface area contributed by atoms with E-state index in [-0.39, 0.29) is 18.8 Å². The quantitative estimate of drug-likeness (QED) is 0.528. The van der Waals surface area contributed by atoms with Crippen LogP contribution >= 0.6 is 0 Å². The number of carbonyl (C=O) groups excluding carboxylic acids is 1. The molecule has 0 unspecified atom stereocenters. The monoisotopic (exact) mass is 429 g/mol. The van der Waals surface area contributed by atoms with Crippen LogP contribution in [0.4, 0.5) is 4.79 Å². The lowest BCUT2D eigenvalue weighted by Gasteiger charge is -2.55. The molecule has 170 valence electrons. The second-order valence-corrected chi connectivity index (χ2v) is 9.39. The first-order chi connectivity index (χ1) is 14.9. The van der Waals surface area contributed by atoms with E-state index in [1.54, 1.807) is 11.9 Å². The molecule has 2 aliphatic carbocycles. The zero-order valence-electron chi connectivity index (χ0n) is 18.7. The first-order valence-corrected chi connectivity index (χ1v) is 11.4. The number of carbonyl (C=O) groups is 1. The summed E-state index contributed by atoms with van der Waals surface area (Å²) < 4.78 is 11.7. The van der Waals surface area contributed by atoms with Crippen molar-refractivity contribution in [2.45, 2.75) is 64.4 Å². The Hall–Kier alpha value is -2.48. The van der Waals surface area contributed by atoms with Gasteiger partial charge in [0, 0.05) is 25.6 Å². The van der Waals surface area contributed by atoms with Gasteiger partial charge < -0.3 is 25.1 Å². The molecule has 1 saturated heterocycles. The molecule has 4 N–H and O–H groups in total. The Kier molecular flexibility index (Phi) is 6.27. The van der Waals surface area contributed by atoms with Gasteiger partial charge in [-0.15, -0.1) is 0 Å². The average Bonchev–Trinajstić information content (AvgIpc) is 2.68. The van der Waals surface area contributed by atoms with Crippen LogP contribution in [0.15, 0.2) is 17.8 Å². The molecule has 3 fully saturated rings. The first kappa shape index (κ1) is 21.7. The summed E-state index contributed by atoms with van der Waals surface area (Å²) in [4.78, 5) is 18.8. The SMILES string of the molecule is Cc1nc(/C(N)=C(\COC(=O)N2CC3(CCC3)C2)N(C)N)ccc1OC1CCCCC1. The normalized spacial score (nSPS) is 21.1. The van der Waals surface area contributed by atoms with Crippen molar-refractivity contribution in [1.82, 2.24) is 14.9 Å². The van der Waals surface area contributed by atoms with E-state index in [1.165, 1.54) is 43.5 Å². The summed E-state index contributed by atoms with van der Waals surface area (Å²) in [6.45, 7) is 3.51. The molecule has 1 amide bonds. The number of likely N-dealkylation sites (N-methyl/N-ethyl adjacent to an activating group) is 1. The van der Waals surface area contributed by atoms with Crippen LogP contribution in [0.25, 0.3) is 5.70 Å². The summed E-state index contributed by atoms with van der Waals surface area (Å²) in [6, 6.07) is 3.75. The average molecular weight is 430 g/mol. The summed E-state index contributed by atoms with van der Waals surface area (Å²) in [6.07, 6.45) is 9.55. The number of rotatable bonds is 6. The molecule has 2 saturated carbocycles. The van der Waals surface area contributed by atoms with Crippen LogP contribution in [0.3, 0.4) is 0 Å². The summed E-state index contributed by atoms with van der Waals surface area (Å²) in [5.74, 6) is 6.78. The Morgan fingerprint density at radius 1 is 1.23 bits per heavy atom. The van der Waals surface area contributed by atoms with Crippen molar-refractivity contribution in [3.8, 4) is 5.75 Å². The number of aryl methyl sites for hydroxylation is 1. The molecule has 8 heteroatoms. The molecule has 0 bridgehead atoms. The van der Waals surface area contributed by atoms with Crippen molar-refractivity contribution in [2.75, 3.05) is 26.7 Å². The minimum Gasteiger partial charge on any atom is -0.489 e. The fourth-order valence-electron chi connectivity index (χ4n) is 4.81. The van der Waals surface area contributed by atoms with E-state index in [9.17, 15) is 4.79 Å². The Morgan fingerprint density at radius 2 is 1.94 bits per heavy atom. The molecular formula is C23H35N5O3. The molecule has 1 aromatic rings. The molecule has 4 rings (SSSR count). The Balaban J connectivity index is 1.39. The van der Waals surface area contributed by atoms with Gasteiger partial charge in [0.25, 0.3) is 0 Å². The summed E-state index contributed by atoms with van der Waals surface area (Å²) in [7, 11) is 1.68. The van der Waals surface area contributed by atoms with Gasteiger partial charge in [-0.25, -0.2) is 15.6 Å². The summed E-state index contributed by atoms with van der Waals surface area (Å²) in [5.41, 5.74) is 9.03. The van der Waals surface area contributed by atoms with Crippen molar-refractivity contribution in [3.05, 3.63) is 29.2 Å². The molecule has 2 heterocycles. The van der Waals surface area contributed by atoms with E-state index in [0.717, 1.165) is 37.4 Å². The molecule has 0 radical (unpaired) electrons. The highest BCUT2D eigenvalue weighted by Gasteiger charge is 2.49. The van der Waals surface area contributed by atoms with Gasteiger partial charge in [0.1, 0.15) is 12.4 Å². The van der Waals surface area contributed by atoms with E-state index < -0.39 is 0 Å². The van der Waals surface area contributed by atoms with Crippen LogP contribution in [-0.2, 0) is 4.74 Å². The Morgan fingerprint density at radius 3 is 2.52 bits per heavy atom. The number of hydrogen-bond donors (Lipinski definition) is 2. The molecule has 3 aliphatic rings. The van der Waals surface area contributed by atoms with Crippen molar-refractivity contribution in [2.24, 2.45) is 17.0 Å². The van der Waals surface area contributed by atoms with Gasteiger partial charge in [-0.2, -0.15) is 0 Å². The highest BCUT2D eigenvalue weighted by atomic mass is 16.6. The third-order valence-corrected chi connectivity index (χ3v) is 6.95. The molecule has 0 aromatic carbocycles. The van der Waals surface area contributed by atoms with Gasteiger partial charge in [0.2, 0.25) is 0 Å². The second-order valence-electron chi connectivity index (χ2n) is 9.39. The minimum absolute atomic E-state index is 0.00220. The molecule has 1 aromatic heterocycles. The van der Waals surface area contributed by atoms with Crippen molar-refractivity contribution >= 4 is 11.8 Å². The predicted molar refractivity (Wildman–Crippen MR) is 119 cm³/mol. The number of ether oxygens (including phenoxy) is 2. The number of likely N-dealkylation sites (tertiary alicyclic amines) is 1. The van der Waals surface area contributed by atoms with E-state index in [2.05, 4.69) is 4.98 Å². The minimum atomic E-state index is -0.315. The zero-order chi connectivity index (χ0) is 22.0. The summed E-state index contributed by atoms with van der Waals surface area (Å²) >= 11 is 0. The maximum absolute atomic E-state index is 12.4. The van der Waals surface area contributed by atoms with E-state index in [4.69, 9.17) is 21.1 Å². The topological polar surface area (TPSA) is 107 Å². The Bertz CT molecular complexity index is 836. The van der Waals surface area contributed by atoms with Crippen LogP contribution in [-0.4, -0.2) is 53.8 Å². The number of aromatic nitrogens is 1. The van der Waals surface area contributed by atoms with Crippen LogP contribution in [0.1, 0.15) is 62.8 Å². The number of nitrogens with zero attached hydrogens (tertiary/aromatic N) is 3. The van der Waals surface area contributed by atoms with Gasteiger partial charge >= 0.3 is 6.09 Å².